The van der Waals surface area contributed by atoms with Crippen LogP contribution in [0.1, 0.15) is 17.2 Å². The zero-order valence-electron chi connectivity index (χ0n) is 11.6. The zero-order chi connectivity index (χ0) is 14.7. The Morgan fingerprint density at radius 1 is 1.50 bits per heavy atom. The molecule has 1 atom stereocenters. The van der Waals surface area contributed by atoms with Crippen molar-refractivity contribution in [3.05, 3.63) is 51.2 Å². The van der Waals surface area contributed by atoms with Crippen molar-refractivity contribution in [2.24, 2.45) is 12.8 Å². The van der Waals surface area contributed by atoms with Gasteiger partial charge in [0, 0.05) is 42.4 Å². The molecule has 0 aliphatic heterocycles. The van der Waals surface area contributed by atoms with Gasteiger partial charge in [-0.2, -0.15) is 5.10 Å². The first kappa shape index (κ1) is 15.5. The highest BCUT2D eigenvalue weighted by molar-refractivity contribution is 9.10. The molecule has 2 N–H and O–H groups in total. The number of halogens is 2. The van der Waals surface area contributed by atoms with Crippen molar-refractivity contribution in [2.45, 2.75) is 12.6 Å². The molecule has 0 aliphatic rings. The molecular formula is C14H18BrClN4. The smallest absolute Gasteiger partial charge is 0.0551 e. The van der Waals surface area contributed by atoms with Gasteiger partial charge >= 0.3 is 0 Å². The number of nitrogens with zero attached hydrogens (tertiary/aromatic N) is 3. The van der Waals surface area contributed by atoms with E-state index in [2.05, 4.69) is 33.0 Å². The summed E-state index contributed by atoms with van der Waals surface area (Å²) in [5, 5.41) is 4.89. The van der Waals surface area contributed by atoms with Crippen LogP contribution in [0, 0.1) is 0 Å². The average Bonchev–Trinajstić information content (AvgIpc) is 2.80. The Morgan fingerprint density at radius 3 is 2.80 bits per heavy atom. The molecule has 0 saturated heterocycles. The van der Waals surface area contributed by atoms with Crippen LogP contribution in [-0.2, 0) is 13.6 Å². The summed E-state index contributed by atoms with van der Waals surface area (Å²) in [6, 6.07) is 6.09. The third kappa shape index (κ3) is 3.61. The van der Waals surface area contributed by atoms with Gasteiger partial charge in [-0.3, -0.25) is 9.58 Å². The molecule has 20 heavy (non-hydrogen) atoms. The molecule has 2 rings (SSSR count). The molecule has 1 aromatic heterocycles. The van der Waals surface area contributed by atoms with Crippen LogP contribution in [0.25, 0.3) is 0 Å². The van der Waals surface area contributed by atoms with Crippen molar-refractivity contribution in [3.8, 4) is 0 Å². The summed E-state index contributed by atoms with van der Waals surface area (Å²) in [6.45, 7) is 1.33. The lowest BCUT2D eigenvalue weighted by molar-refractivity contribution is 0.242. The van der Waals surface area contributed by atoms with Gasteiger partial charge in [0.15, 0.2) is 0 Å². The van der Waals surface area contributed by atoms with E-state index in [1.807, 2.05) is 37.6 Å². The van der Waals surface area contributed by atoms with Gasteiger partial charge in [-0.15, -0.1) is 0 Å². The van der Waals surface area contributed by atoms with Gasteiger partial charge < -0.3 is 5.73 Å². The van der Waals surface area contributed by atoms with E-state index < -0.39 is 0 Å². The first-order valence-electron chi connectivity index (χ1n) is 6.34. The van der Waals surface area contributed by atoms with Gasteiger partial charge in [0.25, 0.3) is 0 Å². The number of likely N-dealkylation sites (N-methyl/N-ethyl adjacent to an activating group) is 1. The van der Waals surface area contributed by atoms with Crippen LogP contribution in [0.4, 0.5) is 0 Å². The highest BCUT2D eigenvalue weighted by Gasteiger charge is 2.17. The average molecular weight is 358 g/mol. The molecule has 6 heteroatoms. The Labute approximate surface area is 132 Å². The molecule has 0 spiro atoms. The van der Waals surface area contributed by atoms with Crippen LogP contribution in [0.3, 0.4) is 0 Å². The lowest BCUT2D eigenvalue weighted by atomic mass is 10.1. The van der Waals surface area contributed by atoms with Crippen LogP contribution in [-0.4, -0.2) is 28.3 Å². The number of rotatable bonds is 5. The van der Waals surface area contributed by atoms with Crippen LogP contribution in [0.5, 0.6) is 0 Å². The van der Waals surface area contributed by atoms with Crippen molar-refractivity contribution < 1.29 is 0 Å². The maximum absolute atomic E-state index is 6.16. The van der Waals surface area contributed by atoms with Crippen molar-refractivity contribution >= 4 is 27.5 Å². The molecule has 108 valence electrons. The highest BCUT2D eigenvalue weighted by Crippen LogP contribution is 2.28. The van der Waals surface area contributed by atoms with Crippen molar-refractivity contribution in [1.82, 2.24) is 14.7 Å². The van der Waals surface area contributed by atoms with E-state index in [9.17, 15) is 0 Å². The summed E-state index contributed by atoms with van der Waals surface area (Å²) in [7, 11) is 3.97. The molecule has 1 aromatic carbocycles. The van der Waals surface area contributed by atoms with E-state index in [1.54, 1.807) is 4.68 Å². The minimum absolute atomic E-state index is 0.126. The number of hydrogen-bond acceptors (Lipinski definition) is 3. The van der Waals surface area contributed by atoms with E-state index in [1.165, 1.54) is 0 Å². The third-order valence-electron chi connectivity index (χ3n) is 3.27. The summed E-state index contributed by atoms with van der Waals surface area (Å²) >= 11 is 9.57. The van der Waals surface area contributed by atoms with Crippen LogP contribution < -0.4 is 5.73 Å². The molecule has 2 aromatic rings. The monoisotopic (exact) mass is 356 g/mol. The second-order valence-electron chi connectivity index (χ2n) is 4.86. The van der Waals surface area contributed by atoms with Gasteiger partial charge in [-0.1, -0.05) is 17.7 Å². The third-order valence-corrected chi connectivity index (χ3v) is 4.51. The Bertz CT molecular complexity index is 584. The normalized spacial score (nSPS) is 12.9. The summed E-state index contributed by atoms with van der Waals surface area (Å²) in [6.07, 6.45) is 3.89. The lowest BCUT2D eigenvalue weighted by Crippen LogP contribution is -2.30. The van der Waals surface area contributed by atoms with E-state index in [0.717, 1.165) is 22.1 Å². The number of aryl methyl sites for hydroxylation is 1. The van der Waals surface area contributed by atoms with Gasteiger partial charge in [0.05, 0.1) is 11.2 Å². The second-order valence-corrected chi connectivity index (χ2v) is 6.12. The fourth-order valence-electron chi connectivity index (χ4n) is 2.24. The van der Waals surface area contributed by atoms with Gasteiger partial charge in [-0.25, -0.2) is 0 Å². The van der Waals surface area contributed by atoms with Crippen LogP contribution >= 0.6 is 27.5 Å². The molecule has 1 heterocycles. The van der Waals surface area contributed by atoms with E-state index >= 15 is 0 Å². The van der Waals surface area contributed by atoms with Gasteiger partial charge in [0.2, 0.25) is 0 Å². The topological polar surface area (TPSA) is 47.1 Å². The predicted molar refractivity (Wildman–Crippen MR) is 85.6 cm³/mol. The minimum atomic E-state index is 0.126. The Kier molecular flexibility index (Phi) is 5.21. The summed E-state index contributed by atoms with van der Waals surface area (Å²) < 4.78 is 2.70. The summed E-state index contributed by atoms with van der Waals surface area (Å²) in [5.74, 6) is 0. The van der Waals surface area contributed by atoms with Crippen molar-refractivity contribution in [1.29, 1.82) is 0 Å². The van der Waals surface area contributed by atoms with Crippen molar-refractivity contribution in [3.63, 3.8) is 0 Å². The first-order chi connectivity index (χ1) is 9.51. The van der Waals surface area contributed by atoms with E-state index in [-0.39, 0.29) is 6.04 Å². The van der Waals surface area contributed by atoms with E-state index in [0.29, 0.717) is 11.6 Å². The molecule has 0 saturated carbocycles. The van der Waals surface area contributed by atoms with Crippen LogP contribution in [0.2, 0.25) is 5.02 Å². The van der Waals surface area contributed by atoms with Crippen molar-refractivity contribution in [2.75, 3.05) is 13.6 Å². The molecule has 0 bridgehead atoms. The predicted octanol–water partition coefficient (Wildman–Crippen LogP) is 2.97. The Balaban J connectivity index is 2.16. The zero-order valence-corrected chi connectivity index (χ0v) is 13.9. The SMILES string of the molecule is CN(Cc1cnn(C)c1)C(CN)c1ccc(Br)c(Cl)c1. The lowest BCUT2D eigenvalue weighted by Gasteiger charge is -2.27. The molecule has 0 amide bonds. The quantitative estimate of drug-likeness (QED) is 0.895. The van der Waals surface area contributed by atoms with Gasteiger partial charge in [0.1, 0.15) is 0 Å². The summed E-state index contributed by atoms with van der Waals surface area (Å²) in [4.78, 5) is 2.20. The maximum atomic E-state index is 6.16. The Hall–Kier alpha value is -0.880. The minimum Gasteiger partial charge on any atom is -0.329 e. The number of benzene rings is 1. The molecule has 0 radical (unpaired) electrons. The molecule has 4 nitrogen and oxygen atoms in total. The number of aromatic nitrogens is 2. The Morgan fingerprint density at radius 2 is 2.25 bits per heavy atom. The molecule has 0 aliphatic carbocycles. The van der Waals surface area contributed by atoms with Gasteiger partial charge in [-0.05, 0) is 40.7 Å². The fourth-order valence-corrected chi connectivity index (χ4v) is 2.68. The first-order valence-corrected chi connectivity index (χ1v) is 7.51. The molecule has 1 unspecified atom stereocenters. The standard InChI is InChI=1S/C14H18BrClN4/c1-19(8-10-7-18-20(2)9-10)14(6-17)11-3-4-12(15)13(16)5-11/h3-5,7,9,14H,6,8,17H2,1-2H3. The molecule has 0 fully saturated rings. The highest BCUT2D eigenvalue weighted by atomic mass is 79.9. The molecular weight excluding hydrogens is 340 g/mol. The second kappa shape index (κ2) is 6.72. The maximum Gasteiger partial charge on any atom is 0.0551 e. The largest absolute Gasteiger partial charge is 0.329 e. The fraction of sp³-hybridized carbons (Fsp3) is 0.357. The number of hydrogen-bond donors (Lipinski definition) is 1. The summed E-state index contributed by atoms with van der Waals surface area (Å²) in [5.41, 5.74) is 8.22. The number of nitrogens with two attached hydrogens (primary N) is 1. The van der Waals surface area contributed by atoms with Crippen LogP contribution in [0.15, 0.2) is 35.1 Å². The van der Waals surface area contributed by atoms with E-state index in [4.69, 9.17) is 17.3 Å².